The molecule has 0 radical (unpaired) electrons. The normalized spacial score (nSPS) is 13.4. The smallest absolute Gasteiger partial charge is 0.268 e. The summed E-state index contributed by atoms with van der Waals surface area (Å²) in [5.74, 6) is -0.151. The van der Waals surface area contributed by atoms with Crippen LogP contribution in [-0.2, 0) is 18.4 Å². The van der Waals surface area contributed by atoms with Crippen LogP contribution in [0.25, 0.3) is 0 Å². The number of likely N-dealkylation sites (N-methyl/N-ethyl adjacent to an activating group) is 1. The third-order valence-corrected chi connectivity index (χ3v) is 20.8. The van der Waals surface area contributed by atoms with Gasteiger partial charge in [0.1, 0.15) is 13.2 Å². The van der Waals surface area contributed by atoms with E-state index in [0.29, 0.717) is 23.9 Å². The molecule has 0 fully saturated rings. The Morgan fingerprint density at radius 3 is 0.756 bits per heavy atom. The minimum Gasteiger partial charge on any atom is -0.756 e. The Kier molecular flexibility index (Phi) is 72.4. The summed E-state index contributed by atoms with van der Waals surface area (Å²) < 4.78 is 23.6. The van der Waals surface area contributed by atoms with E-state index in [9.17, 15) is 19.4 Å². The number of phosphoric ester groups is 1. The van der Waals surface area contributed by atoms with Crippen molar-refractivity contribution in [3.8, 4) is 0 Å². The maximum absolute atomic E-state index is 13.1. The summed E-state index contributed by atoms with van der Waals surface area (Å²) in [6, 6.07) is -0.798. The number of phosphoric acid groups is 1. The van der Waals surface area contributed by atoms with Crippen molar-refractivity contribution < 1.29 is 32.9 Å². The van der Waals surface area contributed by atoms with Gasteiger partial charge in [0, 0.05) is 6.42 Å². The van der Waals surface area contributed by atoms with Gasteiger partial charge in [-0.3, -0.25) is 9.36 Å². The van der Waals surface area contributed by atoms with E-state index in [1.807, 2.05) is 21.1 Å². The number of hydrogen-bond acceptors (Lipinski definition) is 6. The molecule has 0 aliphatic carbocycles. The Morgan fingerprint density at radius 2 is 0.544 bits per heavy atom. The van der Waals surface area contributed by atoms with E-state index in [-0.39, 0.29) is 19.1 Å². The number of aliphatic hydroxyl groups excluding tert-OH is 1. The fraction of sp³-hybridized carbons (Fsp3) is 0.988. The Balaban J connectivity index is 3.85. The first-order valence-electron chi connectivity index (χ1n) is 41.4. The number of quaternary nitrogens is 1. The lowest BCUT2D eigenvalue weighted by atomic mass is 10.0. The highest BCUT2D eigenvalue weighted by atomic mass is 31.2. The largest absolute Gasteiger partial charge is 0.756 e. The molecule has 0 aliphatic heterocycles. The number of amides is 1. The molecule has 0 bridgehead atoms. The van der Waals surface area contributed by atoms with Gasteiger partial charge >= 0.3 is 0 Å². The number of carbonyl (C=O) groups is 1. The highest BCUT2D eigenvalue weighted by molar-refractivity contribution is 7.45. The summed E-state index contributed by atoms with van der Waals surface area (Å²) >= 11 is 0. The maximum atomic E-state index is 13.1. The van der Waals surface area contributed by atoms with Crippen LogP contribution in [0.3, 0.4) is 0 Å². The molecule has 3 unspecified atom stereocenters. The van der Waals surface area contributed by atoms with Gasteiger partial charge in [0.15, 0.2) is 0 Å². The standard InChI is InChI=1S/C81H165N2O6P/c1-6-8-10-12-14-16-18-20-22-24-26-28-30-32-34-36-37-38-39-40-41-42-43-44-45-46-47-49-51-53-55-57-59-61-63-65-67-69-71-73-75-81(85)82-79(78-89-90(86,87)88-77-76-83(3,4)5)80(84)74-72-70-68-66-64-62-60-58-56-54-52-50-48-35-33-31-29-27-25-23-21-19-17-15-13-11-9-7-2/h79-80,84H,6-78H2,1-5H3,(H-,82,85,86,87). The van der Waals surface area contributed by atoms with Crippen LogP contribution in [0, 0.1) is 0 Å². The van der Waals surface area contributed by atoms with Gasteiger partial charge in [0.25, 0.3) is 7.82 Å². The lowest BCUT2D eigenvalue weighted by molar-refractivity contribution is -0.870. The highest BCUT2D eigenvalue weighted by Gasteiger charge is 2.24. The number of nitrogens with zero attached hydrogens (tertiary/aromatic N) is 1. The monoisotopic (exact) mass is 1290 g/mol. The predicted molar refractivity (Wildman–Crippen MR) is 395 cm³/mol. The van der Waals surface area contributed by atoms with Gasteiger partial charge in [0.2, 0.25) is 5.91 Å². The third-order valence-electron chi connectivity index (χ3n) is 19.8. The molecule has 0 aromatic carbocycles. The van der Waals surface area contributed by atoms with Crippen LogP contribution < -0.4 is 10.2 Å². The second kappa shape index (κ2) is 72.8. The number of unbranched alkanes of at least 4 members (excludes halogenated alkanes) is 66. The number of aliphatic hydroxyl groups is 1. The number of rotatable bonds is 79. The summed E-state index contributed by atoms with van der Waals surface area (Å²) in [6.45, 7) is 4.81. The first kappa shape index (κ1) is 89.5. The zero-order chi connectivity index (χ0) is 65.5. The van der Waals surface area contributed by atoms with E-state index >= 15 is 0 Å². The van der Waals surface area contributed by atoms with Crippen LogP contribution >= 0.6 is 7.82 Å². The Bertz CT molecular complexity index is 1430. The van der Waals surface area contributed by atoms with Gasteiger partial charge in [-0.05, 0) is 12.8 Å². The maximum Gasteiger partial charge on any atom is 0.268 e. The molecule has 0 aliphatic rings. The molecule has 540 valence electrons. The van der Waals surface area contributed by atoms with Crippen molar-refractivity contribution >= 4 is 13.7 Å². The van der Waals surface area contributed by atoms with Crippen LogP contribution in [0.2, 0.25) is 0 Å². The molecule has 0 aromatic rings. The quantitative estimate of drug-likeness (QED) is 0.0357. The predicted octanol–water partition coefficient (Wildman–Crippen LogP) is 26.4. The summed E-state index contributed by atoms with van der Waals surface area (Å²) in [6.07, 6.45) is 93.9. The van der Waals surface area contributed by atoms with Crippen molar-refractivity contribution in [2.24, 2.45) is 0 Å². The van der Waals surface area contributed by atoms with E-state index in [4.69, 9.17) is 9.05 Å². The topological polar surface area (TPSA) is 108 Å². The molecule has 0 saturated heterocycles. The fourth-order valence-electron chi connectivity index (χ4n) is 13.5. The van der Waals surface area contributed by atoms with E-state index in [0.717, 1.165) is 38.5 Å². The lowest BCUT2D eigenvalue weighted by Gasteiger charge is -2.30. The van der Waals surface area contributed by atoms with Crippen LogP contribution in [0.4, 0.5) is 0 Å². The average molecular weight is 1290 g/mol. The van der Waals surface area contributed by atoms with E-state index in [1.165, 1.54) is 398 Å². The van der Waals surface area contributed by atoms with E-state index < -0.39 is 20.0 Å². The lowest BCUT2D eigenvalue weighted by Crippen LogP contribution is -2.46. The SMILES string of the molecule is CCCCCCCCCCCCCCCCCCCCCCCCCCCCCCCCCCCCCCCCCCC(=O)NC(COP(=O)([O-])OCC[N+](C)(C)C)C(O)CCCCCCCCCCCCCCCCCCCCCCCCCCCCCC. The third kappa shape index (κ3) is 74.9. The average Bonchev–Trinajstić information content (AvgIpc) is 3.67. The number of nitrogens with one attached hydrogen (secondary N) is 1. The van der Waals surface area contributed by atoms with Crippen molar-refractivity contribution in [1.29, 1.82) is 0 Å². The van der Waals surface area contributed by atoms with Crippen LogP contribution in [-0.4, -0.2) is 68.5 Å². The van der Waals surface area contributed by atoms with Gasteiger partial charge in [-0.25, -0.2) is 0 Å². The molecule has 3 atom stereocenters. The Labute approximate surface area is 565 Å². The van der Waals surface area contributed by atoms with Crippen molar-refractivity contribution in [3.63, 3.8) is 0 Å². The molecule has 9 heteroatoms. The van der Waals surface area contributed by atoms with Crippen molar-refractivity contribution in [3.05, 3.63) is 0 Å². The first-order valence-corrected chi connectivity index (χ1v) is 42.8. The molecule has 1 amide bonds. The van der Waals surface area contributed by atoms with Gasteiger partial charge in [0.05, 0.1) is 39.9 Å². The Morgan fingerprint density at radius 1 is 0.344 bits per heavy atom. The van der Waals surface area contributed by atoms with Crippen LogP contribution in [0.1, 0.15) is 463 Å². The molecular weight excluding hydrogens is 1130 g/mol. The summed E-state index contributed by atoms with van der Waals surface area (Å²) in [5, 5.41) is 14.2. The second-order valence-corrected chi connectivity index (χ2v) is 31.6. The molecule has 0 rings (SSSR count). The van der Waals surface area contributed by atoms with Gasteiger partial charge in [-0.15, -0.1) is 0 Å². The van der Waals surface area contributed by atoms with E-state index in [2.05, 4.69) is 19.2 Å². The molecular formula is C81H165N2O6P. The molecule has 0 aromatic heterocycles. The molecule has 8 nitrogen and oxygen atoms in total. The van der Waals surface area contributed by atoms with Gasteiger partial charge in [-0.2, -0.15) is 0 Å². The minimum atomic E-state index is -4.58. The summed E-state index contributed by atoms with van der Waals surface area (Å²) in [7, 11) is 1.34. The molecule has 2 N–H and O–H groups in total. The van der Waals surface area contributed by atoms with E-state index in [1.54, 1.807) is 0 Å². The molecule has 0 heterocycles. The minimum absolute atomic E-state index is 0.0172. The van der Waals surface area contributed by atoms with Crippen LogP contribution in [0.15, 0.2) is 0 Å². The molecule has 90 heavy (non-hydrogen) atoms. The summed E-state index contributed by atoms with van der Waals surface area (Å²) in [5.41, 5.74) is 0. The number of carbonyl (C=O) groups excluding carboxylic acids is 1. The molecule has 0 saturated carbocycles. The fourth-order valence-corrected chi connectivity index (χ4v) is 14.2. The summed E-state index contributed by atoms with van der Waals surface area (Å²) in [4.78, 5) is 25.7. The second-order valence-electron chi connectivity index (χ2n) is 30.2. The first-order chi connectivity index (χ1) is 44.0. The Hall–Kier alpha value is -0.500. The van der Waals surface area contributed by atoms with Crippen molar-refractivity contribution in [2.45, 2.75) is 475 Å². The highest BCUT2D eigenvalue weighted by Crippen LogP contribution is 2.38. The zero-order valence-electron chi connectivity index (χ0n) is 62.2. The zero-order valence-corrected chi connectivity index (χ0v) is 63.1. The van der Waals surface area contributed by atoms with Gasteiger partial charge in [-0.1, -0.05) is 444 Å². The van der Waals surface area contributed by atoms with Gasteiger partial charge < -0.3 is 28.8 Å². The molecule has 0 spiro atoms. The van der Waals surface area contributed by atoms with Crippen LogP contribution in [0.5, 0.6) is 0 Å². The van der Waals surface area contributed by atoms with Crippen molar-refractivity contribution in [2.75, 3.05) is 40.9 Å². The number of hydrogen-bond donors (Lipinski definition) is 2. The van der Waals surface area contributed by atoms with Crippen molar-refractivity contribution in [1.82, 2.24) is 5.32 Å².